The van der Waals surface area contributed by atoms with Gasteiger partial charge >= 0.3 is 0 Å². The van der Waals surface area contributed by atoms with E-state index in [0.29, 0.717) is 38.0 Å². The van der Waals surface area contributed by atoms with Crippen LogP contribution in [-0.2, 0) is 11.2 Å². The molecule has 2 aromatic carbocycles. The van der Waals surface area contributed by atoms with Crippen molar-refractivity contribution in [3.8, 4) is 5.75 Å². The van der Waals surface area contributed by atoms with Gasteiger partial charge in [0.15, 0.2) is 0 Å². The van der Waals surface area contributed by atoms with Crippen LogP contribution in [0.15, 0.2) is 42.5 Å². The molecule has 0 radical (unpaired) electrons. The molecule has 0 bridgehead atoms. The summed E-state index contributed by atoms with van der Waals surface area (Å²) in [4.78, 5) is 30.6. The Morgan fingerprint density at radius 3 is 2.39 bits per heavy atom. The van der Waals surface area contributed by atoms with Crippen molar-refractivity contribution in [3.05, 3.63) is 64.7 Å². The normalized spacial score (nSPS) is 18.7. The first-order chi connectivity index (χ1) is 18.1. The van der Waals surface area contributed by atoms with E-state index in [1.165, 1.54) is 0 Å². The summed E-state index contributed by atoms with van der Waals surface area (Å²) >= 11 is 0. The van der Waals surface area contributed by atoms with Crippen molar-refractivity contribution >= 4 is 11.8 Å². The topological polar surface area (TPSA) is 96.4 Å². The summed E-state index contributed by atoms with van der Waals surface area (Å²) < 4.78 is 14.7. The molecule has 2 aromatic rings. The van der Waals surface area contributed by atoms with Gasteiger partial charge in [-0.2, -0.15) is 0 Å². The molecular weight excluding hydrogens is 487 g/mol. The minimum Gasteiger partial charge on any atom is -0.508 e. The fraction of sp³-hybridized carbons (Fsp3) is 0.517. The van der Waals surface area contributed by atoms with Crippen LogP contribution < -0.4 is 5.48 Å². The van der Waals surface area contributed by atoms with Crippen molar-refractivity contribution in [1.29, 1.82) is 0 Å². The van der Waals surface area contributed by atoms with Crippen LogP contribution in [0.1, 0.15) is 66.2 Å². The molecule has 2 aliphatic heterocycles. The third kappa shape index (κ3) is 7.09. The SMILES string of the molecule is CC(C)(F)CN1CCc2cc(O)ccc2C1c1ccc(C(=O)N2CCN(CCCCC(=O)NO)CC2)cc1. The first-order valence-corrected chi connectivity index (χ1v) is 13.4. The Balaban J connectivity index is 1.39. The number of phenolic OH excluding ortho intramolecular Hbond substituents is 1. The number of unbranched alkanes of at least 4 members (excludes halogenated alkanes) is 1. The number of carbonyl (C=O) groups excluding carboxylic acids is 2. The van der Waals surface area contributed by atoms with Crippen LogP contribution in [0.4, 0.5) is 4.39 Å². The Labute approximate surface area is 224 Å². The summed E-state index contributed by atoms with van der Waals surface area (Å²) in [5.41, 5.74) is 4.07. The monoisotopic (exact) mass is 526 g/mol. The first-order valence-electron chi connectivity index (χ1n) is 13.4. The highest BCUT2D eigenvalue weighted by molar-refractivity contribution is 5.94. The van der Waals surface area contributed by atoms with Gasteiger partial charge in [-0.25, -0.2) is 9.87 Å². The zero-order valence-electron chi connectivity index (χ0n) is 22.3. The molecule has 9 heteroatoms. The van der Waals surface area contributed by atoms with E-state index in [1.807, 2.05) is 35.2 Å². The van der Waals surface area contributed by atoms with Crippen molar-refractivity contribution in [2.24, 2.45) is 0 Å². The molecule has 8 nitrogen and oxygen atoms in total. The maximum atomic E-state index is 14.7. The molecule has 38 heavy (non-hydrogen) atoms. The number of nitrogens with one attached hydrogen (secondary N) is 1. The van der Waals surface area contributed by atoms with Gasteiger partial charge in [-0.05, 0) is 80.6 Å². The molecule has 4 rings (SSSR count). The lowest BCUT2D eigenvalue weighted by Gasteiger charge is -2.40. The lowest BCUT2D eigenvalue weighted by Crippen LogP contribution is -2.48. The maximum Gasteiger partial charge on any atom is 0.253 e. The van der Waals surface area contributed by atoms with Gasteiger partial charge in [-0.3, -0.25) is 24.6 Å². The third-order valence-electron chi connectivity index (χ3n) is 7.42. The highest BCUT2D eigenvalue weighted by atomic mass is 19.1. The zero-order chi connectivity index (χ0) is 27.3. The van der Waals surface area contributed by atoms with Crippen LogP contribution in [0.2, 0.25) is 0 Å². The van der Waals surface area contributed by atoms with Crippen LogP contribution in [0.5, 0.6) is 5.75 Å². The van der Waals surface area contributed by atoms with E-state index < -0.39 is 5.67 Å². The average Bonchev–Trinajstić information content (AvgIpc) is 2.90. The molecule has 0 spiro atoms. The van der Waals surface area contributed by atoms with Crippen molar-refractivity contribution in [2.45, 2.75) is 51.2 Å². The molecular formula is C29H39FN4O4. The number of hydrogen-bond acceptors (Lipinski definition) is 6. The van der Waals surface area contributed by atoms with Gasteiger partial charge in [-0.15, -0.1) is 0 Å². The van der Waals surface area contributed by atoms with Crippen LogP contribution in [-0.4, -0.2) is 88.3 Å². The molecule has 1 unspecified atom stereocenters. The van der Waals surface area contributed by atoms with Crippen LogP contribution in [0.3, 0.4) is 0 Å². The van der Waals surface area contributed by atoms with Gasteiger partial charge < -0.3 is 10.0 Å². The van der Waals surface area contributed by atoms with Crippen molar-refractivity contribution in [2.75, 3.05) is 45.8 Å². The van der Waals surface area contributed by atoms with E-state index >= 15 is 0 Å². The van der Waals surface area contributed by atoms with Crippen molar-refractivity contribution in [1.82, 2.24) is 20.2 Å². The Hall–Kier alpha value is -3.01. The number of hydrogen-bond donors (Lipinski definition) is 3. The van der Waals surface area contributed by atoms with Gasteiger partial charge in [-0.1, -0.05) is 18.2 Å². The molecule has 0 aliphatic carbocycles. The second-order valence-electron chi connectivity index (χ2n) is 11.0. The number of aromatic hydroxyl groups is 1. The number of rotatable bonds is 9. The molecule has 3 N–H and O–H groups in total. The fourth-order valence-electron chi connectivity index (χ4n) is 5.55. The molecule has 2 amide bonds. The number of hydroxylamine groups is 1. The van der Waals surface area contributed by atoms with Crippen LogP contribution >= 0.6 is 0 Å². The molecule has 2 aliphatic rings. The molecule has 1 saturated heterocycles. The van der Waals surface area contributed by atoms with Gasteiger partial charge in [0.1, 0.15) is 11.4 Å². The van der Waals surface area contributed by atoms with E-state index in [1.54, 1.807) is 31.5 Å². The predicted molar refractivity (Wildman–Crippen MR) is 143 cm³/mol. The van der Waals surface area contributed by atoms with Gasteiger partial charge in [0.25, 0.3) is 5.91 Å². The quantitative estimate of drug-likeness (QED) is 0.263. The molecule has 1 atom stereocenters. The number of halogens is 1. The predicted octanol–water partition coefficient (Wildman–Crippen LogP) is 3.52. The first kappa shape index (κ1) is 28.0. The van der Waals surface area contributed by atoms with E-state index in [-0.39, 0.29) is 30.2 Å². The van der Waals surface area contributed by atoms with Gasteiger partial charge in [0.05, 0.1) is 6.04 Å². The summed E-state index contributed by atoms with van der Waals surface area (Å²) in [6.07, 6.45) is 2.63. The Kier molecular flexibility index (Phi) is 9.02. The Morgan fingerprint density at radius 2 is 1.74 bits per heavy atom. The molecule has 0 saturated carbocycles. The number of amides is 2. The smallest absolute Gasteiger partial charge is 0.253 e. The third-order valence-corrected chi connectivity index (χ3v) is 7.42. The van der Waals surface area contributed by atoms with Crippen molar-refractivity contribution in [3.63, 3.8) is 0 Å². The van der Waals surface area contributed by atoms with Crippen LogP contribution in [0.25, 0.3) is 0 Å². The standard InChI is InChI=1S/C29H39FN4O4/c1-29(2,30)20-34-14-12-23-19-24(35)10-11-25(23)27(34)21-6-8-22(9-7-21)28(37)33-17-15-32(16-18-33)13-4-3-5-26(36)31-38/h6-11,19,27,35,38H,3-5,12-18,20H2,1-2H3,(H,31,36). The summed E-state index contributed by atoms with van der Waals surface area (Å²) in [6.45, 7) is 7.90. The van der Waals surface area contributed by atoms with E-state index in [0.717, 1.165) is 49.2 Å². The fourth-order valence-corrected chi connectivity index (χ4v) is 5.55. The summed E-state index contributed by atoms with van der Waals surface area (Å²) in [5.74, 6) is -0.124. The summed E-state index contributed by atoms with van der Waals surface area (Å²) in [6, 6.07) is 12.9. The largest absolute Gasteiger partial charge is 0.508 e. The lowest BCUT2D eigenvalue weighted by molar-refractivity contribution is -0.129. The van der Waals surface area contributed by atoms with E-state index in [9.17, 15) is 19.1 Å². The summed E-state index contributed by atoms with van der Waals surface area (Å²) in [5, 5.41) is 18.5. The molecule has 2 heterocycles. The van der Waals surface area contributed by atoms with E-state index in [2.05, 4.69) is 9.80 Å². The second-order valence-corrected chi connectivity index (χ2v) is 11.0. The van der Waals surface area contributed by atoms with Crippen molar-refractivity contribution < 1.29 is 24.3 Å². The molecule has 1 fully saturated rings. The zero-order valence-corrected chi connectivity index (χ0v) is 22.3. The maximum absolute atomic E-state index is 14.7. The number of alkyl halides is 1. The van der Waals surface area contributed by atoms with Gasteiger partial charge in [0.2, 0.25) is 5.91 Å². The lowest BCUT2D eigenvalue weighted by atomic mass is 9.87. The van der Waals surface area contributed by atoms with E-state index in [4.69, 9.17) is 5.21 Å². The minimum atomic E-state index is -1.35. The Bertz CT molecular complexity index is 1110. The number of piperazine rings is 1. The highest BCUT2D eigenvalue weighted by Crippen LogP contribution is 2.37. The second kappa shape index (κ2) is 12.2. The minimum absolute atomic E-state index is 0.00605. The highest BCUT2D eigenvalue weighted by Gasteiger charge is 2.33. The number of phenols is 1. The average molecular weight is 527 g/mol. The number of fused-ring (bicyclic) bond motifs is 1. The van der Waals surface area contributed by atoms with Gasteiger partial charge in [0, 0.05) is 51.3 Å². The molecule has 0 aromatic heterocycles. The van der Waals surface area contributed by atoms with Crippen LogP contribution in [0, 0.1) is 0 Å². The molecule has 206 valence electrons. The number of nitrogens with zero attached hydrogens (tertiary/aromatic N) is 3. The Morgan fingerprint density at radius 1 is 1.03 bits per heavy atom. The number of benzene rings is 2. The number of carbonyl (C=O) groups is 2. The summed E-state index contributed by atoms with van der Waals surface area (Å²) in [7, 11) is 0.